The van der Waals surface area contributed by atoms with Crippen molar-refractivity contribution in [2.75, 3.05) is 26.9 Å². The lowest BCUT2D eigenvalue weighted by Gasteiger charge is -2.28. The van der Waals surface area contributed by atoms with Crippen LogP contribution in [0.5, 0.6) is 23.0 Å². The van der Waals surface area contributed by atoms with Gasteiger partial charge in [-0.05, 0) is 78.2 Å². The monoisotopic (exact) mass is 719 g/mol. The SMILES string of the molecule is CCOC(=O)C1=C(C)NC(=O)N[C@H]1c1ccc(OCC(=O)N/N=C\c2cc(Br)c(OCc3ccccc3C#N)c(OCC)c2)c(OC)c1. The summed E-state index contributed by atoms with van der Waals surface area (Å²) in [6, 6.07) is 16.4. The number of nitrogens with one attached hydrogen (secondary N) is 3. The zero-order valence-corrected chi connectivity index (χ0v) is 28.3. The Hall–Kier alpha value is -5.55. The summed E-state index contributed by atoms with van der Waals surface area (Å²) in [6.45, 7) is 5.50. The van der Waals surface area contributed by atoms with E-state index >= 15 is 0 Å². The molecule has 0 saturated heterocycles. The Morgan fingerprint density at radius 2 is 1.83 bits per heavy atom. The molecule has 1 aliphatic rings. The Morgan fingerprint density at radius 3 is 2.56 bits per heavy atom. The van der Waals surface area contributed by atoms with Crippen LogP contribution in [0.1, 0.15) is 49.1 Å². The molecular formula is C34H34BrN5O8. The van der Waals surface area contributed by atoms with Crippen LogP contribution in [0.3, 0.4) is 0 Å². The Morgan fingerprint density at radius 1 is 1.04 bits per heavy atom. The lowest BCUT2D eigenvalue weighted by atomic mass is 9.95. The standard InChI is InChI=1S/C34H34BrN5O8/c1-5-45-28-14-21(13-25(35)32(28)48-18-24-10-8-7-9-23(24)16-36)17-37-40-29(41)19-47-26-12-11-22(15-27(26)44-4)31-30(33(42)46-6-2)20(3)38-34(43)39-31/h7-15,17,31H,5-6,18-19H2,1-4H3,(H,40,41)(H2,38,39,43)/b37-17-/t31-/m0/s1. The maximum atomic E-state index is 12.6. The molecule has 48 heavy (non-hydrogen) atoms. The van der Waals surface area contributed by atoms with E-state index < -0.39 is 23.9 Å². The molecular weight excluding hydrogens is 686 g/mol. The van der Waals surface area contributed by atoms with Gasteiger partial charge in [0.25, 0.3) is 5.91 Å². The molecule has 3 N–H and O–H groups in total. The van der Waals surface area contributed by atoms with E-state index in [4.69, 9.17) is 23.7 Å². The molecule has 250 valence electrons. The molecule has 1 aliphatic heterocycles. The van der Waals surface area contributed by atoms with E-state index in [0.717, 1.165) is 5.56 Å². The van der Waals surface area contributed by atoms with Gasteiger partial charge in [0, 0.05) is 11.3 Å². The molecule has 0 fully saturated rings. The van der Waals surface area contributed by atoms with Crippen LogP contribution in [0.25, 0.3) is 0 Å². The lowest BCUT2D eigenvalue weighted by molar-refractivity contribution is -0.139. The van der Waals surface area contributed by atoms with Crippen LogP contribution in [0.2, 0.25) is 0 Å². The van der Waals surface area contributed by atoms with Crippen molar-refractivity contribution in [1.82, 2.24) is 16.1 Å². The summed E-state index contributed by atoms with van der Waals surface area (Å²) in [5.41, 5.74) is 5.48. The van der Waals surface area contributed by atoms with Crippen molar-refractivity contribution in [1.29, 1.82) is 5.26 Å². The number of hydrogen-bond donors (Lipinski definition) is 3. The number of amides is 3. The number of nitrogens with zero attached hydrogens (tertiary/aromatic N) is 2. The zero-order chi connectivity index (χ0) is 34.6. The number of ether oxygens (including phenoxy) is 5. The van der Waals surface area contributed by atoms with Gasteiger partial charge in [0.15, 0.2) is 29.6 Å². The quantitative estimate of drug-likeness (QED) is 0.118. The average molecular weight is 721 g/mol. The summed E-state index contributed by atoms with van der Waals surface area (Å²) in [4.78, 5) is 37.4. The minimum atomic E-state index is -0.789. The highest BCUT2D eigenvalue weighted by Gasteiger charge is 2.32. The first-order valence-electron chi connectivity index (χ1n) is 14.8. The van der Waals surface area contributed by atoms with Gasteiger partial charge in [-0.3, -0.25) is 4.79 Å². The first-order valence-corrected chi connectivity index (χ1v) is 15.6. The van der Waals surface area contributed by atoms with Gasteiger partial charge < -0.3 is 34.3 Å². The van der Waals surface area contributed by atoms with Crippen molar-refractivity contribution in [3.63, 3.8) is 0 Å². The van der Waals surface area contributed by atoms with Crippen LogP contribution in [-0.4, -0.2) is 51.1 Å². The van der Waals surface area contributed by atoms with Gasteiger partial charge in [-0.15, -0.1) is 0 Å². The number of esters is 1. The van der Waals surface area contributed by atoms with Crippen LogP contribution in [0.15, 0.2) is 75.4 Å². The van der Waals surface area contributed by atoms with Crippen LogP contribution < -0.4 is 35.0 Å². The third kappa shape index (κ3) is 8.83. The highest BCUT2D eigenvalue weighted by Crippen LogP contribution is 2.38. The van der Waals surface area contributed by atoms with Gasteiger partial charge in [0.2, 0.25) is 0 Å². The number of rotatable bonds is 14. The maximum Gasteiger partial charge on any atom is 0.338 e. The Kier molecular flexibility index (Phi) is 12.4. The average Bonchev–Trinajstić information content (AvgIpc) is 3.07. The number of methoxy groups -OCH3 is 1. The van der Waals surface area contributed by atoms with E-state index in [-0.39, 0.29) is 36.9 Å². The number of allylic oxidation sites excluding steroid dienone is 1. The van der Waals surface area contributed by atoms with Crippen LogP contribution in [0, 0.1) is 11.3 Å². The number of hydrazone groups is 1. The van der Waals surface area contributed by atoms with Gasteiger partial charge in [-0.2, -0.15) is 10.4 Å². The Labute approximate surface area is 286 Å². The Bertz CT molecular complexity index is 1790. The first kappa shape index (κ1) is 35.3. The van der Waals surface area contributed by atoms with Crippen molar-refractivity contribution < 1.29 is 38.1 Å². The molecule has 3 aromatic carbocycles. The largest absolute Gasteiger partial charge is 0.493 e. The molecule has 3 aromatic rings. The first-order chi connectivity index (χ1) is 23.2. The van der Waals surface area contributed by atoms with E-state index in [1.54, 1.807) is 56.3 Å². The highest BCUT2D eigenvalue weighted by molar-refractivity contribution is 9.10. The number of benzene rings is 3. The molecule has 1 atom stereocenters. The minimum absolute atomic E-state index is 0.166. The van der Waals surface area contributed by atoms with Crippen molar-refractivity contribution in [2.45, 2.75) is 33.4 Å². The van der Waals surface area contributed by atoms with Gasteiger partial charge in [-0.1, -0.05) is 24.3 Å². The van der Waals surface area contributed by atoms with Gasteiger partial charge in [-0.25, -0.2) is 15.0 Å². The normalized spacial score (nSPS) is 14.0. The van der Waals surface area contributed by atoms with Crippen LogP contribution >= 0.6 is 15.9 Å². The van der Waals surface area contributed by atoms with Gasteiger partial charge in [0.1, 0.15) is 6.61 Å². The number of carbonyl (C=O) groups excluding carboxylic acids is 3. The second kappa shape index (κ2) is 16.8. The van der Waals surface area contributed by atoms with E-state index in [9.17, 15) is 19.6 Å². The molecule has 3 amide bonds. The fourth-order valence-electron chi connectivity index (χ4n) is 4.73. The second-order valence-corrected chi connectivity index (χ2v) is 11.0. The molecule has 0 spiro atoms. The highest BCUT2D eigenvalue weighted by atomic mass is 79.9. The van der Waals surface area contributed by atoms with Crippen molar-refractivity contribution in [2.24, 2.45) is 5.10 Å². The molecule has 4 rings (SSSR count). The third-order valence-corrected chi connectivity index (χ3v) is 7.48. The number of hydrogen-bond acceptors (Lipinski definition) is 10. The Balaban J connectivity index is 1.40. The molecule has 0 aromatic heterocycles. The topological polar surface area (TPSA) is 170 Å². The lowest BCUT2D eigenvalue weighted by Crippen LogP contribution is -2.45. The van der Waals surface area contributed by atoms with E-state index in [1.807, 2.05) is 19.1 Å². The fourth-order valence-corrected chi connectivity index (χ4v) is 5.31. The summed E-state index contributed by atoms with van der Waals surface area (Å²) in [6.07, 6.45) is 1.44. The van der Waals surface area contributed by atoms with Crippen molar-refractivity contribution in [3.05, 3.63) is 92.6 Å². The summed E-state index contributed by atoms with van der Waals surface area (Å²) >= 11 is 3.52. The van der Waals surface area contributed by atoms with Crippen molar-refractivity contribution >= 4 is 40.1 Å². The van der Waals surface area contributed by atoms with E-state index in [1.165, 1.54) is 13.3 Å². The van der Waals surface area contributed by atoms with Gasteiger partial charge in [0.05, 0.1) is 54.3 Å². The summed E-state index contributed by atoms with van der Waals surface area (Å²) in [7, 11) is 1.43. The van der Waals surface area contributed by atoms with Crippen molar-refractivity contribution in [3.8, 4) is 29.1 Å². The third-order valence-electron chi connectivity index (χ3n) is 6.89. The molecule has 0 saturated carbocycles. The summed E-state index contributed by atoms with van der Waals surface area (Å²) in [5.74, 6) is 0.364. The predicted octanol–water partition coefficient (Wildman–Crippen LogP) is 5.03. The van der Waals surface area contributed by atoms with Crippen LogP contribution in [-0.2, 0) is 20.9 Å². The molecule has 0 radical (unpaired) electrons. The molecule has 0 unspecified atom stereocenters. The summed E-state index contributed by atoms with van der Waals surface area (Å²) in [5, 5.41) is 18.7. The number of urea groups is 1. The maximum absolute atomic E-state index is 12.6. The van der Waals surface area contributed by atoms with E-state index in [2.05, 4.69) is 43.2 Å². The fraction of sp³-hybridized carbons (Fsp3) is 0.265. The van der Waals surface area contributed by atoms with Gasteiger partial charge >= 0.3 is 12.0 Å². The second-order valence-electron chi connectivity index (χ2n) is 10.1. The smallest absolute Gasteiger partial charge is 0.338 e. The number of nitriles is 1. The minimum Gasteiger partial charge on any atom is -0.493 e. The molecule has 0 bridgehead atoms. The predicted molar refractivity (Wildman–Crippen MR) is 179 cm³/mol. The van der Waals surface area contributed by atoms with E-state index in [0.29, 0.717) is 45.0 Å². The summed E-state index contributed by atoms with van der Waals surface area (Å²) < 4.78 is 28.7. The molecule has 14 heteroatoms. The number of carbonyl (C=O) groups is 3. The number of halogens is 1. The molecule has 0 aliphatic carbocycles. The zero-order valence-electron chi connectivity index (χ0n) is 26.7. The molecule has 1 heterocycles. The van der Waals surface area contributed by atoms with Crippen LogP contribution in [0.4, 0.5) is 4.79 Å². The molecule has 13 nitrogen and oxygen atoms in total.